The Labute approximate surface area is 256 Å². The Bertz CT molecular complexity index is 1490. The summed E-state index contributed by atoms with van der Waals surface area (Å²) in [6.07, 6.45) is -15.7. The molecule has 1 aliphatic carbocycles. The molecule has 2 saturated heterocycles. The van der Waals surface area contributed by atoms with Crippen molar-refractivity contribution in [3.8, 4) is 17.2 Å². The number of aliphatic hydroxyl groups is 5. The van der Waals surface area contributed by atoms with Gasteiger partial charge in [-0.05, 0) is 38.1 Å². The van der Waals surface area contributed by atoms with Crippen LogP contribution in [0, 0.1) is 6.92 Å². The first-order valence-electron chi connectivity index (χ1n) is 14.1. The van der Waals surface area contributed by atoms with Gasteiger partial charge in [0, 0.05) is 29.2 Å². The predicted molar refractivity (Wildman–Crippen MR) is 148 cm³/mol. The van der Waals surface area contributed by atoms with E-state index in [4.69, 9.17) is 28.4 Å². The van der Waals surface area contributed by atoms with E-state index in [1.54, 1.807) is 0 Å². The van der Waals surface area contributed by atoms with Crippen LogP contribution in [0.25, 0.3) is 0 Å². The van der Waals surface area contributed by atoms with Crippen LogP contribution < -0.4 is 9.47 Å². The monoisotopic (exact) mass is 634 g/mol. The minimum Gasteiger partial charge on any atom is -0.508 e. The van der Waals surface area contributed by atoms with E-state index in [2.05, 4.69) is 0 Å². The SMILES string of the molecule is COc1c(C)c(O[C@@H]2O[C@H](COC(C)=O)[C@@H](O)[C@H](O)[C@H]2O[C@@H]2O[C@@H](C)[C@H](O)[C@@H](O)[C@H]2O)cc2c1C(=O)c1ccc(O)cc1C2=O. The first kappa shape index (κ1) is 32.7. The van der Waals surface area contributed by atoms with E-state index >= 15 is 0 Å². The number of hydrogen-bond donors (Lipinski definition) is 6. The molecule has 2 aromatic rings. The van der Waals surface area contributed by atoms with Crippen LogP contribution in [0.15, 0.2) is 24.3 Å². The molecule has 0 radical (unpaired) electrons. The van der Waals surface area contributed by atoms with Crippen molar-refractivity contribution in [3.05, 3.63) is 52.1 Å². The maximum absolute atomic E-state index is 13.5. The molecular weight excluding hydrogens is 600 g/mol. The predicted octanol–water partition coefficient (Wildman–Crippen LogP) is -0.914. The molecule has 2 aliphatic heterocycles. The topological polar surface area (TPSA) is 228 Å². The number of phenols is 1. The molecule has 5 rings (SSSR count). The largest absolute Gasteiger partial charge is 0.508 e. The third-order valence-electron chi connectivity index (χ3n) is 8.09. The lowest BCUT2D eigenvalue weighted by Crippen LogP contribution is -2.64. The van der Waals surface area contributed by atoms with Gasteiger partial charge in [0.2, 0.25) is 6.29 Å². The fourth-order valence-electron chi connectivity index (χ4n) is 5.60. The van der Waals surface area contributed by atoms with Gasteiger partial charge in [0.05, 0.1) is 18.8 Å². The van der Waals surface area contributed by atoms with Crippen molar-refractivity contribution in [1.29, 1.82) is 0 Å². The maximum atomic E-state index is 13.5. The highest BCUT2D eigenvalue weighted by Crippen LogP contribution is 2.42. The van der Waals surface area contributed by atoms with Crippen LogP contribution in [0.1, 0.15) is 51.3 Å². The fourth-order valence-corrected chi connectivity index (χ4v) is 5.60. The lowest BCUT2D eigenvalue weighted by molar-refractivity contribution is -0.354. The minimum absolute atomic E-state index is 0.00173. The number of benzene rings is 2. The van der Waals surface area contributed by atoms with Crippen molar-refractivity contribution in [2.24, 2.45) is 0 Å². The first-order valence-corrected chi connectivity index (χ1v) is 14.1. The Morgan fingerprint density at radius 2 is 1.58 bits per heavy atom. The van der Waals surface area contributed by atoms with Crippen molar-refractivity contribution < 1.29 is 73.4 Å². The van der Waals surface area contributed by atoms with E-state index in [1.807, 2.05) is 0 Å². The molecule has 10 atom stereocenters. The van der Waals surface area contributed by atoms with Crippen LogP contribution >= 0.6 is 0 Å². The number of ketones is 2. The molecule has 15 heteroatoms. The number of ether oxygens (including phenoxy) is 6. The molecule has 0 unspecified atom stereocenters. The summed E-state index contributed by atoms with van der Waals surface area (Å²) in [5, 5.41) is 62.8. The van der Waals surface area contributed by atoms with Gasteiger partial charge in [-0.3, -0.25) is 14.4 Å². The highest BCUT2D eigenvalue weighted by atomic mass is 16.8. The molecule has 15 nitrogen and oxygen atoms in total. The highest BCUT2D eigenvalue weighted by molar-refractivity contribution is 6.29. The van der Waals surface area contributed by atoms with Crippen LogP contribution in [-0.2, 0) is 23.7 Å². The second-order valence-corrected chi connectivity index (χ2v) is 11.1. The lowest BCUT2D eigenvalue weighted by Gasteiger charge is -2.45. The van der Waals surface area contributed by atoms with Gasteiger partial charge < -0.3 is 59.1 Å². The average molecular weight is 635 g/mol. The summed E-state index contributed by atoms with van der Waals surface area (Å²) in [6.45, 7) is 3.59. The number of fused-ring (bicyclic) bond motifs is 2. The molecule has 2 heterocycles. The summed E-state index contributed by atoms with van der Waals surface area (Å²) < 4.78 is 33.8. The Morgan fingerprint density at radius 3 is 2.24 bits per heavy atom. The smallest absolute Gasteiger partial charge is 0.302 e. The van der Waals surface area contributed by atoms with Gasteiger partial charge >= 0.3 is 5.97 Å². The van der Waals surface area contributed by atoms with Crippen molar-refractivity contribution in [1.82, 2.24) is 0 Å². The van der Waals surface area contributed by atoms with Gasteiger partial charge in [0.25, 0.3) is 0 Å². The molecule has 0 saturated carbocycles. The van der Waals surface area contributed by atoms with Crippen molar-refractivity contribution >= 4 is 17.5 Å². The minimum atomic E-state index is -1.81. The highest BCUT2D eigenvalue weighted by Gasteiger charge is 2.51. The van der Waals surface area contributed by atoms with E-state index in [0.29, 0.717) is 0 Å². The number of esters is 1. The molecule has 2 aromatic carbocycles. The summed E-state index contributed by atoms with van der Waals surface area (Å²) in [4.78, 5) is 38.4. The lowest BCUT2D eigenvalue weighted by atomic mass is 9.82. The van der Waals surface area contributed by atoms with Crippen LogP contribution in [0.5, 0.6) is 17.2 Å². The number of methoxy groups -OCH3 is 1. The van der Waals surface area contributed by atoms with Gasteiger partial charge in [-0.1, -0.05) is 0 Å². The molecule has 45 heavy (non-hydrogen) atoms. The van der Waals surface area contributed by atoms with Crippen LogP contribution in [0.4, 0.5) is 0 Å². The fraction of sp³-hybridized carbons (Fsp3) is 0.500. The summed E-state index contributed by atoms with van der Waals surface area (Å²) in [5.41, 5.74) is 0.112. The molecule has 0 aromatic heterocycles. The second-order valence-electron chi connectivity index (χ2n) is 11.1. The number of hydrogen-bond acceptors (Lipinski definition) is 15. The summed E-state index contributed by atoms with van der Waals surface area (Å²) in [7, 11) is 1.29. The third kappa shape index (κ3) is 5.89. The first-order chi connectivity index (χ1) is 21.2. The second kappa shape index (κ2) is 12.6. The number of carbonyl (C=O) groups is 3. The Morgan fingerprint density at radius 1 is 0.867 bits per heavy atom. The number of aliphatic hydroxyl groups excluding tert-OH is 5. The zero-order valence-electron chi connectivity index (χ0n) is 24.6. The van der Waals surface area contributed by atoms with Crippen molar-refractivity contribution in [2.75, 3.05) is 13.7 Å². The Balaban J connectivity index is 1.53. The Hall–Kier alpha value is -3.67. The third-order valence-corrected chi connectivity index (χ3v) is 8.09. The van der Waals surface area contributed by atoms with Gasteiger partial charge in [-0.25, -0.2) is 0 Å². The van der Waals surface area contributed by atoms with Gasteiger partial charge in [0.1, 0.15) is 60.5 Å². The van der Waals surface area contributed by atoms with E-state index < -0.39 is 85.6 Å². The molecule has 0 spiro atoms. The number of carbonyl (C=O) groups excluding carboxylic acids is 3. The van der Waals surface area contributed by atoms with Gasteiger partial charge in [-0.2, -0.15) is 0 Å². The number of phenolic OH excluding ortho intramolecular Hbond substituents is 1. The van der Waals surface area contributed by atoms with Crippen LogP contribution in [-0.4, -0.2) is 123 Å². The quantitative estimate of drug-likeness (QED) is 0.173. The van der Waals surface area contributed by atoms with Crippen LogP contribution in [0.2, 0.25) is 0 Å². The summed E-state index contributed by atoms with van der Waals surface area (Å²) >= 11 is 0. The van der Waals surface area contributed by atoms with E-state index in [-0.39, 0.29) is 45.1 Å². The number of aromatic hydroxyl groups is 1. The molecule has 0 amide bonds. The molecule has 244 valence electrons. The maximum Gasteiger partial charge on any atom is 0.302 e. The number of rotatable bonds is 7. The zero-order valence-corrected chi connectivity index (χ0v) is 24.6. The van der Waals surface area contributed by atoms with E-state index in [9.17, 15) is 45.0 Å². The van der Waals surface area contributed by atoms with Crippen molar-refractivity contribution in [2.45, 2.75) is 82.2 Å². The summed E-state index contributed by atoms with van der Waals surface area (Å²) in [6, 6.07) is 5.04. The van der Waals surface area contributed by atoms with Crippen LogP contribution in [0.3, 0.4) is 0 Å². The average Bonchev–Trinajstić information content (AvgIpc) is 3.00. The van der Waals surface area contributed by atoms with E-state index in [1.165, 1.54) is 45.2 Å². The van der Waals surface area contributed by atoms with Crippen molar-refractivity contribution in [3.63, 3.8) is 0 Å². The standard InChI is InChI=1S/C30H34O15/c1-10-17(8-16-19(27(10)40-4)22(35)14-6-5-13(32)7-15(14)21(16)34)43-30-28(25(38)23(36)18(44-30)9-41-12(3)31)45-29-26(39)24(37)20(33)11(2)42-29/h5-8,11,18,20,23-26,28-30,32-33,36-39H,9H2,1-4H3/t11-,18+,20-,23+,24+,25-,26+,28+,29-,30+/m0/s1. The van der Waals surface area contributed by atoms with Gasteiger partial charge in [0.15, 0.2) is 24.0 Å². The molecule has 3 aliphatic rings. The van der Waals surface area contributed by atoms with Gasteiger partial charge in [-0.15, -0.1) is 0 Å². The molecule has 2 fully saturated rings. The van der Waals surface area contributed by atoms with E-state index in [0.717, 1.165) is 6.92 Å². The normalized spacial score (nSPS) is 32.8. The molecular formula is C30H34O15. The summed E-state index contributed by atoms with van der Waals surface area (Å²) in [5.74, 6) is -2.13. The molecule has 0 bridgehead atoms. The molecule has 6 N–H and O–H groups in total. The Kier molecular flexibility index (Phi) is 9.17. The zero-order chi connectivity index (χ0) is 32.9.